The van der Waals surface area contributed by atoms with Crippen LogP contribution in [0.25, 0.3) is 32.3 Å². The second-order valence-corrected chi connectivity index (χ2v) is 12.6. The van der Waals surface area contributed by atoms with Crippen LogP contribution in [0, 0.1) is 0 Å². The lowest BCUT2D eigenvalue weighted by molar-refractivity contribution is 0.282. The number of fused-ring (bicyclic) bond motifs is 3. The van der Waals surface area contributed by atoms with Crippen LogP contribution in [0.2, 0.25) is 0 Å². The summed E-state index contributed by atoms with van der Waals surface area (Å²) < 4.78 is 16.7. The van der Waals surface area contributed by atoms with Crippen LogP contribution in [0.5, 0.6) is 17.2 Å². The minimum atomic E-state index is -0.0259. The molecule has 8 rings (SSSR count). The first-order chi connectivity index (χ1) is 25.6. The Hall–Kier alpha value is -6.50. The van der Waals surface area contributed by atoms with E-state index in [0.717, 1.165) is 89.3 Å². The number of methoxy groups -OCH3 is 3. The maximum atomic E-state index is 9.93. The van der Waals surface area contributed by atoms with E-state index in [1.54, 1.807) is 21.3 Å². The molecule has 0 fully saturated rings. The summed E-state index contributed by atoms with van der Waals surface area (Å²) in [7, 11) is 5.06. The van der Waals surface area contributed by atoms with Crippen molar-refractivity contribution in [2.45, 2.75) is 6.61 Å². The largest absolute Gasteiger partial charge is 0.497 e. The molecule has 256 valence electrons. The van der Waals surface area contributed by atoms with Crippen LogP contribution in [0.3, 0.4) is 0 Å². The Labute approximate surface area is 303 Å². The number of benzene rings is 8. The number of nitrogens with zero attached hydrogens (tertiary/aromatic N) is 2. The molecule has 0 aliphatic rings. The van der Waals surface area contributed by atoms with Gasteiger partial charge in [-0.25, -0.2) is 0 Å². The molecule has 8 aromatic carbocycles. The highest BCUT2D eigenvalue weighted by Gasteiger charge is 2.25. The molecule has 0 aromatic heterocycles. The molecule has 0 heterocycles. The zero-order valence-electron chi connectivity index (χ0n) is 29.3. The van der Waals surface area contributed by atoms with Gasteiger partial charge in [0, 0.05) is 44.3 Å². The summed E-state index contributed by atoms with van der Waals surface area (Å²) >= 11 is 0. The van der Waals surface area contributed by atoms with Crippen molar-refractivity contribution in [2.24, 2.45) is 0 Å². The predicted molar refractivity (Wildman–Crippen MR) is 214 cm³/mol. The fraction of sp³-hybridized carbons (Fsp3) is 0.0870. The molecular weight excluding hydrogens is 645 g/mol. The molecule has 0 amide bonds. The van der Waals surface area contributed by atoms with Crippen molar-refractivity contribution in [2.75, 3.05) is 31.1 Å². The average molecular weight is 683 g/mol. The number of hydrogen-bond donors (Lipinski definition) is 1. The Bertz CT molecular complexity index is 2220. The molecule has 0 radical (unpaired) electrons. The van der Waals surface area contributed by atoms with Crippen LogP contribution in [0.4, 0.5) is 34.1 Å². The van der Waals surface area contributed by atoms with E-state index >= 15 is 0 Å². The highest BCUT2D eigenvalue weighted by molar-refractivity contribution is 6.23. The second kappa shape index (κ2) is 14.0. The van der Waals surface area contributed by atoms with Gasteiger partial charge in [-0.3, -0.25) is 0 Å². The number of hydrogen-bond acceptors (Lipinski definition) is 6. The zero-order chi connectivity index (χ0) is 35.6. The van der Waals surface area contributed by atoms with Crippen LogP contribution in [-0.2, 0) is 6.61 Å². The number of ether oxygens (including phenoxy) is 3. The molecule has 6 heteroatoms. The van der Waals surface area contributed by atoms with E-state index in [1.165, 1.54) is 0 Å². The standard InChI is InChI=1S/C46H38N2O4/c1-50-38-22-16-35(17-23-38)47(34-14-12-31(30-49)13-15-34)45-41-10-6-4-8-32(41)29-44-43(45)28-33-9-5-7-11-42(33)46(44)48(36-18-24-39(51-2)25-19-36)37-20-26-40(52-3)27-21-37/h4-29,49H,30H2,1-3H3. The maximum Gasteiger partial charge on any atom is 0.119 e. The van der Waals surface area contributed by atoms with Gasteiger partial charge in [0.15, 0.2) is 0 Å². The van der Waals surface area contributed by atoms with Crippen molar-refractivity contribution in [1.29, 1.82) is 0 Å². The van der Waals surface area contributed by atoms with Crippen LogP contribution >= 0.6 is 0 Å². The normalized spacial score (nSPS) is 11.2. The van der Waals surface area contributed by atoms with Gasteiger partial charge in [0.2, 0.25) is 0 Å². The van der Waals surface area contributed by atoms with E-state index < -0.39 is 0 Å². The van der Waals surface area contributed by atoms with Crippen molar-refractivity contribution in [3.8, 4) is 17.2 Å². The molecular formula is C46H38N2O4. The minimum absolute atomic E-state index is 0.0259. The summed E-state index contributed by atoms with van der Waals surface area (Å²) in [5, 5.41) is 16.5. The number of rotatable bonds is 10. The van der Waals surface area contributed by atoms with Crippen LogP contribution in [0.1, 0.15) is 5.56 Å². The lowest BCUT2D eigenvalue weighted by Crippen LogP contribution is -2.13. The van der Waals surface area contributed by atoms with E-state index in [-0.39, 0.29) is 6.61 Å². The van der Waals surface area contributed by atoms with E-state index in [2.05, 4.69) is 119 Å². The van der Waals surface area contributed by atoms with E-state index in [4.69, 9.17) is 14.2 Å². The molecule has 6 nitrogen and oxygen atoms in total. The minimum Gasteiger partial charge on any atom is -0.497 e. The molecule has 0 aliphatic heterocycles. The molecule has 0 saturated heterocycles. The molecule has 52 heavy (non-hydrogen) atoms. The number of aliphatic hydroxyl groups is 1. The first kappa shape index (κ1) is 32.7. The highest BCUT2D eigenvalue weighted by Crippen LogP contribution is 2.50. The second-order valence-electron chi connectivity index (χ2n) is 12.6. The molecule has 8 aromatic rings. The van der Waals surface area contributed by atoms with Crippen molar-refractivity contribution in [1.82, 2.24) is 0 Å². The molecule has 0 atom stereocenters. The van der Waals surface area contributed by atoms with Gasteiger partial charge in [0.1, 0.15) is 17.2 Å². The van der Waals surface area contributed by atoms with E-state index in [1.807, 2.05) is 48.5 Å². The van der Waals surface area contributed by atoms with Crippen molar-refractivity contribution in [3.05, 3.63) is 163 Å². The van der Waals surface area contributed by atoms with Gasteiger partial charge < -0.3 is 29.1 Å². The molecule has 0 saturated carbocycles. The fourth-order valence-corrected chi connectivity index (χ4v) is 7.07. The highest BCUT2D eigenvalue weighted by atomic mass is 16.5. The third-order valence-corrected chi connectivity index (χ3v) is 9.65. The van der Waals surface area contributed by atoms with Gasteiger partial charge in [-0.1, -0.05) is 60.7 Å². The van der Waals surface area contributed by atoms with Crippen molar-refractivity contribution >= 4 is 66.4 Å². The summed E-state index contributed by atoms with van der Waals surface area (Å²) in [6.45, 7) is -0.0259. The van der Waals surface area contributed by atoms with Crippen LogP contribution < -0.4 is 24.0 Å². The summed E-state index contributed by atoms with van der Waals surface area (Å²) in [6.07, 6.45) is 0. The van der Waals surface area contributed by atoms with Gasteiger partial charge in [-0.2, -0.15) is 0 Å². The van der Waals surface area contributed by atoms with Gasteiger partial charge in [-0.15, -0.1) is 0 Å². The Morgan fingerprint density at radius 2 is 0.731 bits per heavy atom. The number of aliphatic hydroxyl groups excluding tert-OH is 1. The Kier molecular flexibility index (Phi) is 8.81. The van der Waals surface area contributed by atoms with Crippen molar-refractivity contribution < 1.29 is 19.3 Å². The predicted octanol–water partition coefficient (Wildman–Crippen LogP) is 11.6. The summed E-state index contributed by atoms with van der Waals surface area (Å²) in [6, 6.07) is 54.5. The quantitative estimate of drug-likeness (QED) is 0.145. The van der Waals surface area contributed by atoms with Crippen molar-refractivity contribution in [3.63, 3.8) is 0 Å². The Balaban J connectivity index is 1.51. The molecule has 0 spiro atoms. The molecule has 0 aliphatic carbocycles. The monoisotopic (exact) mass is 682 g/mol. The SMILES string of the molecule is COc1ccc(N(c2ccc(CO)cc2)c2c3ccccc3cc3c(N(c4ccc(OC)cc4)c4ccc(OC)cc4)c4ccccc4cc23)cc1. The summed E-state index contributed by atoms with van der Waals surface area (Å²) in [4.78, 5) is 4.64. The van der Waals surface area contributed by atoms with Gasteiger partial charge >= 0.3 is 0 Å². The van der Waals surface area contributed by atoms with Gasteiger partial charge in [-0.05, 0) is 113 Å². The summed E-state index contributed by atoms with van der Waals surface area (Å²) in [5.74, 6) is 2.36. The molecule has 0 unspecified atom stereocenters. The number of anilines is 6. The first-order valence-electron chi connectivity index (χ1n) is 17.2. The van der Waals surface area contributed by atoms with E-state index in [9.17, 15) is 5.11 Å². The lowest BCUT2D eigenvalue weighted by atomic mass is 9.93. The maximum absolute atomic E-state index is 9.93. The fourth-order valence-electron chi connectivity index (χ4n) is 7.07. The van der Waals surface area contributed by atoms with Gasteiger partial charge in [0.25, 0.3) is 0 Å². The zero-order valence-corrected chi connectivity index (χ0v) is 29.3. The summed E-state index contributed by atoms with van der Waals surface area (Å²) in [5.41, 5.74) is 6.88. The van der Waals surface area contributed by atoms with E-state index in [0.29, 0.717) is 0 Å². The third kappa shape index (κ3) is 5.89. The van der Waals surface area contributed by atoms with Crippen LogP contribution in [-0.4, -0.2) is 26.4 Å². The third-order valence-electron chi connectivity index (χ3n) is 9.65. The lowest BCUT2D eigenvalue weighted by Gasteiger charge is -2.32. The van der Waals surface area contributed by atoms with Gasteiger partial charge in [0.05, 0.1) is 39.3 Å². The Morgan fingerprint density at radius 1 is 0.404 bits per heavy atom. The van der Waals surface area contributed by atoms with Crippen LogP contribution in [0.15, 0.2) is 158 Å². The average Bonchev–Trinajstić information content (AvgIpc) is 3.21. The first-order valence-corrected chi connectivity index (χ1v) is 17.2. The Morgan fingerprint density at radius 3 is 1.06 bits per heavy atom. The topological polar surface area (TPSA) is 54.4 Å². The molecule has 0 bridgehead atoms. The molecule has 1 N–H and O–H groups in total. The smallest absolute Gasteiger partial charge is 0.119 e.